The van der Waals surface area contributed by atoms with E-state index in [1.54, 1.807) is 0 Å². The van der Waals surface area contributed by atoms with Gasteiger partial charge in [0.05, 0.1) is 0 Å². The van der Waals surface area contributed by atoms with Crippen LogP contribution in [0.3, 0.4) is 0 Å². The average Bonchev–Trinajstić information content (AvgIpc) is 2.64. The van der Waals surface area contributed by atoms with Crippen LogP contribution < -0.4 is 5.32 Å². The predicted molar refractivity (Wildman–Crippen MR) is 114 cm³/mol. The van der Waals surface area contributed by atoms with E-state index in [0.29, 0.717) is 5.92 Å². The second-order valence-electron chi connectivity index (χ2n) is 4.83. The van der Waals surface area contributed by atoms with Crippen LogP contribution >= 0.6 is 0 Å². The van der Waals surface area contributed by atoms with E-state index in [9.17, 15) is 0 Å². The van der Waals surface area contributed by atoms with E-state index in [1.807, 2.05) is 78.9 Å². The van der Waals surface area contributed by atoms with Gasteiger partial charge < -0.3 is 5.32 Å². The van der Waals surface area contributed by atoms with E-state index in [4.69, 9.17) is 6.42 Å². The van der Waals surface area contributed by atoms with Crippen molar-refractivity contribution >= 4 is 5.57 Å². The fourth-order valence-electron chi connectivity index (χ4n) is 1.54. The zero-order chi connectivity index (χ0) is 19.5. The summed E-state index contributed by atoms with van der Waals surface area (Å²) in [7, 11) is 0. The number of allylic oxidation sites excluding steroid dienone is 2. The van der Waals surface area contributed by atoms with Gasteiger partial charge in [-0.1, -0.05) is 80.0 Å². The molecule has 0 saturated heterocycles. The number of hydrogen-bond donors (Lipinski definition) is 1. The highest BCUT2D eigenvalue weighted by Crippen LogP contribution is 2.17. The smallest absolute Gasteiger partial charge is 0.0277 e. The summed E-state index contributed by atoms with van der Waals surface area (Å²) in [4.78, 5) is 0. The van der Waals surface area contributed by atoms with Crippen LogP contribution in [-0.4, -0.2) is 6.54 Å². The SMILES string of the molecule is C#Cc1cc(C(=C)/C=C\NCC(C)C)ccc1C.CC.CC.CC. The van der Waals surface area contributed by atoms with Crippen LogP contribution in [0.2, 0.25) is 0 Å². The van der Waals surface area contributed by atoms with Crippen LogP contribution in [0.15, 0.2) is 37.1 Å². The summed E-state index contributed by atoms with van der Waals surface area (Å²) < 4.78 is 0. The Morgan fingerprint density at radius 3 is 2.17 bits per heavy atom. The zero-order valence-corrected chi connectivity index (χ0v) is 17.5. The molecule has 0 spiro atoms. The number of nitrogens with one attached hydrogen (secondary N) is 1. The molecule has 0 atom stereocenters. The minimum absolute atomic E-state index is 0.635. The molecule has 0 saturated carbocycles. The third kappa shape index (κ3) is 12.6. The first-order valence-corrected chi connectivity index (χ1v) is 9.21. The molecule has 0 bridgehead atoms. The Balaban J connectivity index is -0.000000659. The first-order chi connectivity index (χ1) is 11.5. The number of aryl methyl sites for hydroxylation is 1. The summed E-state index contributed by atoms with van der Waals surface area (Å²) in [6.07, 6.45) is 9.39. The van der Waals surface area contributed by atoms with Crippen molar-refractivity contribution in [3.05, 3.63) is 53.7 Å². The maximum atomic E-state index is 5.46. The normalized spacial score (nSPS) is 8.71. The quantitative estimate of drug-likeness (QED) is 0.461. The lowest BCUT2D eigenvalue weighted by molar-refractivity contribution is 0.611. The summed E-state index contributed by atoms with van der Waals surface area (Å²) in [6, 6.07) is 6.08. The summed E-state index contributed by atoms with van der Waals surface area (Å²) in [6.45, 7) is 23.4. The molecule has 1 nitrogen and oxygen atoms in total. The molecular formula is C23H39N. The third-order valence-corrected chi connectivity index (χ3v) is 2.69. The van der Waals surface area contributed by atoms with Crippen LogP contribution in [0, 0.1) is 25.2 Å². The van der Waals surface area contributed by atoms with E-state index in [0.717, 1.165) is 28.8 Å². The summed E-state index contributed by atoms with van der Waals surface area (Å²) in [5, 5.41) is 3.24. The molecule has 0 radical (unpaired) electrons. The standard InChI is InChI=1S/C17H21N.3C2H6/c1-6-16-11-17(8-7-14(16)4)15(5)9-10-18-12-13(2)3;3*1-2/h1,7-11,13,18H,5,12H2,2-4H3;3*1-2H3/b10-9-;;;. The lowest BCUT2D eigenvalue weighted by atomic mass is 10.0. The number of terminal acetylenes is 1. The highest BCUT2D eigenvalue weighted by molar-refractivity contribution is 5.73. The second-order valence-corrected chi connectivity index (χ2v) is 4.83. The van der Waals surface area contributed by atoms with E-state index >= 15 is 0 Å². The van der Waals surface area contributed by atoms with Crippen LogP contribution in [0.5, 0.6) is 0 Å². The highest BCUT2D eigenvalue weighted by Gasteiger charge is 1.99. The highest BCUT2D eigenvalue weighted by atomic mass is 14.8. The predicted octanol–water partition coefficient (Wildman–Crippen LogP) is 6.83. The third-order valence-electron chi connectivity index (χ3n) is 2.69. The van der Waals surface area contributed by atoms with Gasteiger partial charge in [0.15, 0.2) is 0 Å². The fourth-order valence-corrected chi connectivity index (χ4v) is 1.54. The van der Waals surface area contributed by atoms with Crippen molar-refractivity contribution in [3.8, 4) is 12.3 Å². The lowest BCUT2D eigenvalue weighted by Crippen LogP contribution is -2.12. The Morgan fingerprint density at radius 2 is 1.71 bits per heavy atom. The molecule has 0 aliphatic heterocycles. The minimum Gasteiger partial charge on any atom is -0.391 e. The largest absolute Gasteiger partial charge is 0.391 e. The molecule has 1 heteroatoms. The molecule has 24 heavy (non-hydrogen) atoms. The molecule has 1 aromatic rings. The lowest BCUT2D eigenvalue weighted by Gasteiger charge is -2.06. The van der Waals surface area contributed by atoms with Gasteiger partial charge in [-0.3, -0.25) is 0 Å². The van der Waals surface area contributed by atoms with Crippen molar-refractivity contribution in [3.63, 3.8) is 0 Å². The second kappa shape index (κ2) is 19.1. The molecule has 0 heterocycles. The molecule has 0 aliphatic rings. The van der Waals surface area contributed by atoms with Gasteiger partial charge in [0, 0.05) is 12.1 Å². The van der Waals surface area contributed by atoms with Crippen LogP contribution in [-0.2, 0) is 0 Å². The minimum atomic E-state index is 0.635. The molecule has 136 valence electrons. The Labute approximate surface area is 152 Å². The van der Waals surface area contributed by atoms with Crippen molar-refractivity contribution in [1.82, 2.24) is 5.32 Å². The van der Waals surface area contributed by atoms with Crippen LogP contribution in [0.1, 0.15) is 72.1 Å². The Kier molecular flexibility index (Phi) is 21.4. The van der Waals surface area contributed by atoms with Crippen molar-refractivity contribution in [1.29, 1.82) is 0 Å². The van der Waals surface area contributed by atoms with Gasteiger partial charge in [0.25, 0.3) is 0 Å². The molecule has 0 aromatic heterocycles. The summed E-state index contributed by atoms with van der Waals surface area (Å²) in [5.74, 6) is 3.33. The van der Waals surface area contributed by atoms with Crippen molar-refractivity contribution in [2.75, 3.05) is 6.54 Å². The van der Waals surface area contributed by atoms with Gasteiger partial charge in [-0.05, 0) is 47.9 Å². The summed E-state index contributed by atoms with van der Waals surface area (Å²) >= 11 is 0. The Bertz CT molecular complexity index is 487. The molecular weight excluding hydrogens is 290 g/mol. The topological polar surface area (TPSA) is 12.0 Å². The van der Waals surface area contributed by atoms with Gasteiger partial charge in [-0.2, -0.15) is 0 Å². The maximum absolute atomic E-state index is 5.46. The molecule has 1 aromatic carbocycles. The van der Waals surface area contributed by atoms with E-state index < -0.39 is 0 Å². The summed E-state index contributed by atoms with van der Waals surface area (Å²) in [5.41, 5.74) is 4.08. The average molecular weight is 330 g/mol. The van der Waals surface area contributed by atoms with Crippen LogP contribution in [0.4, 0.5) is 0 Å². The van der Waals surface area contributed by atoms with Crippen molar-refractivity contribution in [2.45, 2.75) is 62.3 Å². The molecule has 0 fully saturated rings. The first kappa shape index (κ1) is 26.9. The molecule has 1 N–H and O–H groups in total. The molecule has 0 unspecified atom stereocenters. The van der Waals surface area contributed by atoms with E-state index in [1.165, 1.54) is 0 Å². The fraction of sp³-hybridized carbons (Fsp3) is 0.478. The zero-order valence-electron chi connectivity index (χ0n) is 17.5. The van der Waals surface area contributed by atoms with Crippen molar-refractivity contribution in [2.24, 2.45) is 5.92 Å². The van der Waals surface area contributed by atoms with E-state index in [2.05, 4.69) is 31.7 Å². The number of rotatable bonds is 5. The maximum Gasteiger partial charge on any atom is 0.0277 e. The van der Waals surface area contributed by atoms with Gasteiger partial charge in [0.2, 0.25) is 0 Å². The van der Waals surface area contributed by atoms with Crippen molar-refractivity contribution < 1.29 is 0 Å². The number of hydrogen-bond acceptors (Lipinski definition) is 1. The van der Waals surface area contributed by atoms with Gasteiger partial charge >= 0.3 is 0 Å². The Hall–Kier alpha value is -1.94. The molecule has 0 amide bonds. The van der Waals surface area contributed by atoms with E-state index in [-0.39, 0.29) is 0 Å². The van der Waals surface area contributed by atoms with Gasteiger partial charge in [-0.15, -0.1) is 6.42 Å². The van der Waals surface area contributed by atoms with Crippen LogP contribution in [0.25, 0.3) is 5.57 Å². The van der Waals surface area contributed by atoms with Gasteiger partial charge in [0.1, 0.15) is 0 Å². The van der Waals surface area contributed by atoms with Gasteiger partial charge in [-0.25, -0.2) is 0 Å². The molecule has 1 rings (SSSR count). The number of benzene rings is 1. The monoisotopic (exact) mass is 329 g/mol. The Morgan fingerprint density at radius 1 is 1.17 bits per heavy atom. The molecule has 0 aliphatic carbocycles. The first-order valence-electron chi connectivity index (χ1n) is 9.21.